The highest BCUT2D eigenvalue weighted by atomic mass is 16.5. The molecule has 4 atom stereocenters. The molecule has 1 aliphatic heterocycles. The van der Waals surface area contributed by atoms with Crippen LogP contribution in [0.2, 0.25) is 0 Å². The molecule has 0 radical (unpaired) electrons. The van der Waals surface area contributed by atoms with Crippen LogP contribution in [0.3, 0.4) is 0 Å². The number of hydrogen-bond donors (Lipinski definition) is 1. The summed E-state index contributed by atoms with van der Waals surface area (Å²) < 4.78 is 5.79. The molecule has 0 amide bonds. The maximum atomic E-state index is 6.22. The zero-order chi connectivity index (χ0) is 13.2. The Balaban J connectivity index is 2.14. The molecule has 0 aromatic carbocycles. The summed E-state index contributed by atoms with van der Waals surface area (Å²) in [5.74, 6) is 1.57. The van der Waals surface area contributed by atoms with E-state index in [-0.39, 0.29) is 5.54 Å². The van der Waals surface area contributed by atoms with E-state index in [4.69, 9.17) is 10.5 Å². The summed E-state index contributed by atoms with van der Waals surface area (Å²) >= 11 is 0. The highest BCUT2D eigenvalue weighted by Gasteiger charge is 2.44. The first kappa shape index (κ1) is 14.3. The molecule has 1 saturated heterocycles. The highest BCUT2D eigenvalue weighted by molar-refractivity contribution is 5.00. The monoisotopic (exact) mass is 254 g/mol. The average molecular weight is 254 g/mol. The predicted molar refractivity (Wildman–Crippen MR) is 75.6 cm³/mol. The van der Waals surface area contributed by atoms with Crippen molar-refractivity contribution in [2.75, 3.05) is 26.2 Å². The maximum Gasteiger partial charge on any atom is 0.0674 e. The van der Waals surface area contributed by atoms with E-state index in [0.717, 1.165) is 38.6 Å². The van der Waals surface area contributed by atoms with Crippen LogP contribution in [-0.2, 0) is 4.74 Å². The molecule has 1 saturated carbocycles. The lowest BCUT2D eigenvalue weighted by molar-refractivity contribution is -0.0165. The van der Waals surface area contributed by atoms with Gasteiger partial charge in [-0.25, -0.2) is 0 Å². The normalized spacial score (nSPS) is 43.7. The Kier molecular flexibility index (Phi) is 4.68. The van der Waals surface area contributed by atoms with Gasteiger partial charge in [-0.15, -0.1) is 0 Å². The predicted octanol–water partition coefficient (Wildman–Crippen LogP) is 2.25. The van der Waals surface area contributed by atoms with Crippen LogP contribution in [0, 0.1) is 11.8 Å². The van der Waals surface area contributed by atoms with Crippen LogP contribution in [0.15, 0.2) is 0 Å². The van der Waals surface area contributed by atoms with E-state index < -0.39 is 0 Å². The molecule has 0 aromatic rings. The van der Waals surface area contributed by atoms with Crippen LogP contribution in [0.1, 0.15) is 46.5 Å². The molecule has 0 spiro atoms. The Morgan fingerprint density at radius 1 is 1.33 bits per heavy atom. The van der Waals surface area contributed by atoms with Crippen LogP contribution < -0.4 is 5.73 Å². The van der Waals surface area contributed by atoms with Crippen LogP contribution in [0.25, 0.3) is 0 Å². The third-order valence-electron chi connectivity index (χ3n) is 5.18. The van der Waals surface area contributed by atoms with E-state index >= 15 is 0 Å². The van der Waals surface area contributed by atoms with Gasteiger partial charge in [-0.05, 0) is 44.4 Å². The molecular formula is C15H30N2O. The Labute approximate surface area is 112 Å². The van der Waals surface area contributed by atoms with E-state index in [2.05, 4.69) is 25.7 Å². The van der Waals surface area contributed by atoms with Crippen LogP contribution >= 0.6 is 0 Å². The zero-order valence-corrected chi connectivity index (χ0v) is 12.3. The number of nitrogens with zero attached hydrogens (tertiary/aromatic N) is 1. The second kappa shape index (κ2) is 5.89. The minimum atomic E-state index is 0.231. The third-order valence-corrected chi connectivity index (χ3v) is 5.18. The summed E-state index contributed by atoms with van der Waals surface area (Å²) in [6.45, 7) is 10.9. The highest BCUT2D eigenvalue weighted by Crippen LogP contribution is 2.40. The van der Waals surface area contributed by atoms with Crippen LogP contribution in [-0.4, -0.2) is 42.8 Å². The smallest absolute Gasteiger partial charge is 0.0674 e. The first-order valence-corrected chi connectivity index (χ1v) is 7.65. The van der Waals surface area contributed by atoms with Crippen molar-refractivity contribution in [1.29, 1.82) is 0 Å². The largest absolute Gasteiger partial charge is 0.377 e. The first-order chi connectivity index (χ1) is 8.58. The van der Waals surface area contributed by atoms with Crippen molar-refractivity contribution in [3.63, 3.8) is 0 Å². The summed E-state index contributed by atoms with van der Waals surface area (Å²) in [4.78, 5) is 2.65. The molecule has 2 rings (SSSR count). The lowest BCUT2D eigenvalue weighted by atomic mass is 9.68. The fourth-order valence-electron chi connectivity index (χ4n) is 3.98. The van der Waals surface area contributed by atoms with Crippen molar-refractivity contribution in [2.45, 2.75) is 58.1 Å². The van der Waals surface area contributed by atoms with E-state index in [1.165, 1.54) is 19.3 Å². The lowest BCUT2D eigenvalue weighted by Crippen LogP contribution is -2.61. The Hall–Kier alpha value is -0.120. The molecule has 2 N–H and O–H groups in total. The van der Waals surface area contributed by atoms with Crippen LogP contribution in [0.4, 0.5) is 0 Å². The van der Waals surface area contributed by atoms with Gasteiger partial charge in [0.1, 0.15) is 0 Å². The van der Waals surface area contributed by atoms with Crippen molar-refractivity contribution < 1.29 is 4.74 Å². The second-order valence-corrected chi connectivity index (χ2v) is 6.57. The Morgan fingerprint density at radius 3 is 2.78 bits per heavy atom. The lowest BCUT2D eigenvalue weighted by Gasteiger charge is -2.51. The number of hydrogen-bond acceptors (Lipinski definition) is 3. The van der Waals surface area contributed by atoms with Crippen molar-refractivity contribution in [1.82, 2.24) is 4.90 Å². The molecule has 1 heterocycles. The van der Waals surface area contributed by atoms with Gasteiger partial charge in [0.2, 0.25) is 0 Å². The van der Waals surface area contributed by atoms with Crippen LogP contribution in [0.5, 0.6) is 0 Å². The summed E-state index contributed by atoms with van der Waals surface area (Å²) in [5.41, 5.74) is 6.45. The summed E-state index contributed by atoms with van der Waals surface area (Å²) in [6.07, 6.45) is 5.41. The molecular weight excluding hydrogens is 224 g/mol. The molecule has 2 aliphatic rings. The summed E-state index contributed by atoms with van der Waals surface area (Å²) in [7, 11) is 0. The van der Waals surface area contributed by atoms with Gasteiger partial charge in [-0.2, -0.15) is 0 Å². The van der Waals surface area contributed by atoms with Gasteiger partial charge in [0.25, 0.3) is 0 Å². The van der Waals surface area contributed by atoms with Crippen molar-refractivity contribution >= 4 is 0 Å². The topological polar surface area (TPSA) is 38.5 Å². The molecule has 3 heteroatoms. The molecule has 18 heavy (non-hydrogen) atoms. The molecule has 4 unspecified atom stereocenters. The molecule has 2 fully saturated rings. The van der Waals surface area contributed by atoms with Crippen molar-refractivity contribution in [3.8, 4) is 0 Å². The van der Waals surface area contributed by atoms with E-state index in [9.17, 15) is 0 Å². The molecule has 106 valence electrons. The summed E-state index contributed by atoms with van der Waals surface area (Å²) in [6, 6.07) is 0. The Bertz CT molecular complexity index is 271. The van der Waals surface area contributed by atoms with Gasteiger partial charge in [-0.1, -0.05) is 13.8 Å². The quantitative estimate of drug-likeness (QED) is 0.821. The average Bonchev–Trinajstić information content (AvgIpc) is 2.55. The fourth-order valence-corrected chi connectivity index (χ4v) is 3.98. The van der Waals surface area contributed by atoms with Crippen molar-refractivity contribution in [2.24, 2.45) is 17.6 Å². The fraction of sp³-hybridized carbons (Fsp3) is 1.00. The minimum absolute atomic E-state index is 0.231. The summed E-state index contributed by atoms with van der Waals surface area (Å²) in [5, 5.41) is 0. The minimum Gasteiger partial charge on any atom is -0.377 e. The van der Waals surface area contributed by atoms with Gasteiger partial charge in [0, 0.05) is 31.8 Å². The zero-order valence-electron chi connectivity index (χ0n) is 12.3. The first-order valence-electron chi connectivity index (χ1n) is 7.65. The molecule has 0 bridgehead atoms. The van der Waals surface area contributed by atoms with E-state index in [0.29, 0.717) is 12.0 Å². The molecule has 1 aliphatic carbocycles. The number of nitrogens with two attached hydrogens (primary N) is 1. The van der Waals surface area contributed by atoms with E-state index in [1.807, 2.05) is 0 Å². The van der Waals surface area contributed by atoms with Gasteiger partial charge in [0.05, 0.1) is 6.10 Å². The SMILES string of the molecule is CC1CCC(CN)(N2CCCOC(C)C2)C(C)C1. The maximum absolute atomic E-state index is 6.22. The Morgan fingerprint density at radius 2 is 2.11 bits per heavy atom. The number of ether oxygens (including phenoxy) is 1. The number of rotatable bonds is 2. The standard InChI is InChI=1S/C15H30N2O/c1-12-5-6-15(11-16,13(2)9-12)17-7-4-8-18-14(3)10-17/h12-14H,4-11,16H2,1-3H3. The molecule has 0 aromatic heterocycles. The van der Waals surface area contributed by atoms with E-state index in [1.54, 1.807) is 0 Å². The van der Waals surface area contributed by atoms with Gasteiger partial charge in [-0.3, -0.25) is 4.90 Å². The molecule has 3 nitrogen and oxygen atoms in total. The van der Waals surface area contributed by atoms with Gasteiger partial charge in [0.15, 0.2) is 0 Å². The van der Waals surface area contributed by atoms with Gasteiger partial charge >= 0.3 is 0 Å². The second-order valence-electron chi connectivity index (χ2n) is 6.57. The van der Waals surface area contributed by atoms with Gasteiger partial charge < -0.3 is 10.5 Å². The third kappa shape index (κ3) is 2.73. The van der Waals surface area contributed by atoms with Crippen molar-refractivity contribution in [3.05, 3.63) is 0 Å².